The molecule has 2 nitrogen and oxygen atoms in total. The molecule has 0 amide bonds. The monoisotopic (exact) mass is 314 g/mol. The van der Waals surface area contributed by atoms with Crippen LogP contribution in [-0.4, -0.2) is 13.0 Å². The number of hydrogen-bond acceptors (Lipinski definition) is 2. The SMILES string of the molecule is Cc1c(CC2CC2)ccc(OCC2CCC2)c1OC(F)(F)F. The second-order valence-electron chi connectivity index (χ2n) is 6.48. The number of rotatable bonds is 6. The highest BCUT2D eigenvalue weighted by Crippen LogP contribution is 2.41. The Balaban J connectivity index is 1.80. The Morgan fingerprint density at radius 2 is 1.82 bits per heavy atom. The molecule has 2 aliphatic rings. The summed E-state index contributed by atoms with van der Waals surface area (Å²) in [5, 5.41) is 0. The molecule has 0 bridgehead atoms. The Hall–Kier alpha value is -1.39. The maximum absolute atomic E-state index is 12.7. The number of benzene rings is 1. The molecule has 0 heterocycles. The van der Waals surface area contributed by atoms with Gasteiger partial charge in [-0.15, -0.1) is 13.2 Å². The number of ether oxygens (including phenoxy) is 2. The standard InChI is InChI=1S/C17H21F3O2/c1-11-14(9-12-5-6-12)7-8-15(16(11)22-17(18,19)20)21-10-13-3-2-4-13/h7-8,12-13H,2-6,9-10H2,1H3. The first-order valence-corrected chi connectivity index (χ1v) is 7.93. The predicted octanol–water partition coefficient (Wildman–Crippen LogP) is 5.03. The molecule has 2 fully saturated rings. The molecule has 0 atom stereocenters. The average molecular weight is 314 g/mol. The summed E-state index contributed by atoms with van der Waals surface area (Å²) in [6.07, 6.45) is 1.81. The predicted molar refractivity (Wildman–Crippen MR) is 77.1 cm³/mol. The minimum atomic E-state index is -4.70. The van der Waals surface area contributed by atoms with Crippen LogP contribution in [0.4, 0.5) is 13.2 Å². The van der Waals surface area contributed by atoms with E-state index in [2.05, 4.69) is 4.74 Å². The molecule has 0 radical (unpaired) electrons. The fourth-order valence-electron chi connectivity index (χ4n) is 2.79. The summed E-state index contributed by atoms with van der Waals surface area (Å²) < 4.78 is 48.0. The van der Waals surface area contributed by atoms with Gasteiger partial charge in [-0.1, -0.05) is 12.5 Å². The maximum atomic E-state index is 12.7. The van der Waals surface area contributed by atoms with Crippen molar-refractivity contribution in [1.29, 1.82) is 0 Å². The molecule has 22 heavy (non-hydrogen) atoms. The summed E-state index contributed by atoms with van der Waals surface area (Å²) in [7, 11) is 0. The van der Waals surface area contributed by atoms with Crippen molar-refractivity contribution in [3.05, 3.63) is 23.3 Å². The number of hydrogen-bond donors (Lipinski definition) is 0. The van der Waals surface area contributed by atoms with Crippen molar-refractivity contribution in [2.24, 2.45) is 11.8 Å². The van der Waals surface area contributed by atoms with Gasteiger partial charge in [0.1, 0.15) is 0 Å². The molecule has 122 valence electrons. The summed E-state index contributed by atoms with van der Waals surface area (Å²) in [6.45, 7) is 2.16. The van der Waals surface area contributed by atoms with Gasteiger partial charge in [-0.25, -0.2) is 0 Å². The minimum Gasteiger partial charge on any atom is -0.489 e. The Labute approximate surface area is 128 Å². The van der Waals surface area contributed by atoms with Gasteiger partial charge >= 0.3 is 6.36 Å². The molecule has 1 aromatic rings. The van der Waals surface area contributed by atoms with E-state index in [1.54, 1.807) is 13.0 Å². The van der Waals surface area contributed by atoms with Gasteiger partial charge in [0.15, 0.2) is 11.5 Å². The van der Waals surface area contributed by atoms with Crippen LogP contribution in [0.5, 0.6) is 11.5 Å². The topological polar surface area (TPSA) is 18.5 Å². The summed E-state index contributed by atoms with van der Waals surface area (Å²) in [4.78, 5) is 0. The van der Waals surface area contributed by atoms with Gasteiger partial charge in [0.05, 0.1) is 6.61 Å². The first kappa shape index (κ1) is 15.5. The zero-order chi connectivity index (χ0) is 15.7. The zero-order valence-corrected chi connectivity index (χ0v) is 12.7. The van der Waals surface area contributed by atoms with Crippen LogP contribution in [0.3, 0.4) is 0 Å². The van der Waals surface area contributed by atoms with Crippen molar-refractivity contribution in [3.63, 3.8) is 0 Å². The second-order valence-corrected chi connectivity index (χ2v) is 6.48. The van der Waals surface area contributed by atoms with Gasteiger partial charge in [-0.3, -0.25) is 0 Å². The lowest BCUT2D eigenvalue weighted by atomic mass is 9.86. The third-order valence-electron chi connectivity index (χ3n) is 4.60. The van der Waals surface area contributed by atoms with Crippen molar-refractivity contribution < 1.29 is 22.6 Å². The molecule has 0 unspecified atom stereocenters. The van der Waals surface area contributed by atoms with E-state index in [9.17, 15) is 13.2 Å². The van der Waals surface area contributed by atoms with Gasteiger partial charge in [-0.05, 0) is 68.1 Å². The molecule has 0 saturated heterocycles. The lowest BCUT2D eigenvalue weighted by Gasteiger charge is -2.26. The zero-order valence-electron chi connectivity index (χ0n) is 12.7. The molecule has 0 N–H and O–H groups in total. The van der Waals surface area contributed by atoms with E-state index in [0.717, 1.165) is 37.7 Å². The van der Waals surface area contributed by atoms with Gasteiger partial charge in [0.2, 0.25) is 0 Å². The summed E-state index contributed by atoms with van der Waals surface area (Å²) in [5.74, 6) is 1.12. The lowest BCUT2D eigenvalue weighted by molar-refractivity contribution is -0.275. The van der Waals surface area contributed by atoms with E-state index in [-0.39, 0.29) is 11.5 Å². The van der Waals surface area contributed by atoms with Crippen LogP contribution < -0.4 is 9.47 Å². The van der Waals surface area contributed by atoms with Crippen molar-refractivity contribution in [2.75, 3.05) is 6.61 Å². The molecular formula is C17H21F3O2. The largest absolute Gasteiger partial charge is 0.573 e. The fourth-order valence-corrected chi connectivity index (χ4v) is 2.79. The average Bonchev–Trinajstić information content (AvgIpc) is 3.17. The first-order valence-electron chi connectivity index (χ1n) is 7.93. The summed E-state index contributed by atoms with van der Waals surface area (Å²) >= 11 is 0. The molecule has 3 rings (SSSR count). The number of halogens is 3. The van der Waals surface area contributed by atoms with Crippen LogP contribution in [0.1, 0.15) is 43.2 Å². The van der Waals surface area contributed by atoms with E-state index in [4.69, 9.17) is 4.74 Å². The molecule has 1 aromatic carbocycles. The second kappa shape index (κ2) is 6.01. The Morgan fingerprint density at radius 3 is 2.36 bits per heavy atom. The highest BCUT2D eigenvalue weighted by molar-refractivity contribution is 5.50. The fraction of sp³-hybridized carbons (Fsp3) is 0.647. The van der Waals surface area contributed by atoms with Crippen LogP contribution in [0.2, 0.25) is 0 Å². The maximum Gasteiger partial charge on any atom is 0.573 e. The van der Waals surface area contributed by atoms with Crippen LogP contribution in [-0.2, 0) is 6.42 Å². The molecule has 2 saturated carbocycles. The van der Waals surface area contributed by atoms with Gasteiger partial charge in [0.25, 0.3) is 0 Å². The van der Waals surface area contributed by atoms with Gasteiger partial charge < -0.3 is 9.47 Å². The highest BCUT2D eigenvalue weighted by atomic mass is 19.4. The van der Waals surface area contributed by atoms with E-state index in [0.29, 0.717) is 24.0 Å². The van der Waals surface area contributed by atoms with E-state index >= 15 is 0 Å². The third kappa shape index (κ3) is 3.87. The van der Waals surface area contributed by atoms with Crippen molar-refractivity contribution >= 4 is 0 Å². The van der Waals surface area contributed by atoms with E-state index in [1.807, 2.05) is 6.07 Å². The van der Waals surface area contributed by atoms with Crippen LogP contribution in [0.25, 0.3) is 0 Å². The van der Waals surface area contributed by atoms with Crippen molar-refractivity contribution in [2.45, 2.75) is 51.8 Å². The van der Waals surface area contributed by atoms with E-state index in [1.165, 1.54) is 6.42 Å². The minimum absolute atomic E-state index is 0.162. The first-order chi connectivity index (χ1) is 10.4. The Morgan fingerprint density at radius 1 is 1.09 bits per heavy atom. The lowest BCUT2D eigenvalue weighted by Crippen LogP contribution is -2.21. The Bertz CT molecular complexity index is 531. The van der Waals surface area contributed by atoms with Gasteiger partial charge in [0, 0.05) is 0 Å². The molecule has 0 aromatic heterocycles. The molecular weight excluding hydrogens is 293 g/mol. The smallest absolute Gasteiger partial charge is 0.489 e. The third-order valence-corrected chi connectivity index (χ3v) is 4.60. The highest BCUT2D eigenvalue weighted by Gasteiger charge is 2.34. The molecule has 2 aliphatic carbocycles. The Kier molecular flexibility index (Phi) is 4.24. The molecule has 5 heteroatoms. The van der Waals surface area contributed by atoms with Crippen LogP contribution in [0, 0.1) is 18.8 Å². The van der Waals surface area contributed by atoms with Gasteiger partial charge in [-0.2, -0.15) is 0 Å². The van der Waals surface area contributed by atoms with Crippen molar-refractivity contribution in [1.82, 2.24) is 0 Å². The summed E-state index contributed by atoms with van der Waals surface area (Å²) in [6, 6.07) is 3.51. The summed E-state index contributed by atoms with van der Waals surface area (Å²) in [5.41, 5.74) is 1.48. The molecule has 0 spiro atoms. The number of alkyl halides is 3. The quantitative estimate of drug-likeness (QED) is 0.733. The van der Waals surface area contributed by atoms with Crippen LogP contribution >= 0.6 is 0 Å². The van der Waals surface area contributed by atoms with Crippen molar-refractivity contribution in [3.8, 4) is 11.5 Å². The van der Waals surface area contributed by atoms with Crippen LogP contribution in [0.15, 0.2) is 12.1 Å². The van der Waals surface area contributed by atoms with E-state index < -0.39 is 6.36 Å². The molecule has 0 aliphatic heterocycles. The normalized spacial score (nSPS) is 18.9.